The first-order valence-corrected chi connectivity index (χ1v) is 8.02. The first-order valence-electron chi connectivity index (χ1n) is 6.20. The Labute approximate surface area is 120 Å². The van der Waals surface area contributed by atoms with Crippen molar-refractivity contribution in [3.05, 3.63) is 27.9 Å². The Hall–Kier alpha value is -2.23. The number of hydrogen-bond acceptors (Lipinski definition) is 7. The molecule has 1 atom stereocenters. The predicted octanol–water partition coefficient (Wildman–Crippen LogP) is -0.121. The van der Waals surface area contributed by atoms with Crippen LogP contribution in [0.1, 0.15) is 23.2 Å². The topological polar surface area (TPSA) is 145 Å². The molecule has 2 heterocycles. The van der Waals surface area contributed by atoms with Crippen molar-refractivity contribution < 1.29 is 18.1 Å². The summed E-state index contributed by atoms with van der Waals surface area (Å²) in [4.78, 5) is 25.7. The molecule has 1 aromatic heterocycles. The van der Waals surface area contributed by atoms with Crippen molar-refractivity contribution in [3.8, 4) is 0 Å². The van der Waals surface area contributed by atoms with Crippen molar-refractivity contribution in [2.24, 2.45) is 0 Å². The van der Waals surface area contributed by atoms with E-state index in [2.05, 4.69) is 10.3 Å². The Morgan fingerprint density at radius 1 is 1.52 bits per heavy atom. The van der Waals surface area contributed by atoms with E-state index in [1.807, 2.05) is 0 Å². The van der Waals surface area contributed by atoms with Crippen LogP contribution in [-0.2, 0) is 9.84 Å². The lowest BCUT2D eigenvalue weighted by atomic mass is 10.1. The molecule has 9 nitrogen and oxygen atoms in total. The highest BCUT2D eigenvalue weighted by Crippen LogP contribution is 2.18. The maximum atomic E-state index is 12.1. The lowest BCUT2D eigenvalue weighted by Crippen LogP contribution is -2.43. The number of carbonyl (C=O) groups is 1. The van der Waals surface area contributed by atoms with Crippen LogP contribution in [0.2, 0.25) is 0 Å². The first kappa shape index (κ1) is 15.2. The third-order valence-corrected chi connectivity index (χ3v) is 4.98. The lowest BCUT2D eigenvalue weighted by molar-refractivity contribution is -0.385. The van der Waals surface area contributed by atoms with Gasteiger partial charge in [0.15, 0.2) is 9.84 Å². The number of hydrogen-bond donors (Lipinski definition) is 2. The molecule has 0 saturated carbocycles. The Bertz CT molecular complexity index is 688. The standard InChI is InChI=1S/C11H14N4O5S/c12-10-9(4-8(5-13-10)15(17)18)11(16)14-7-2-1-3-21(19,20)6-7/h4-5,7H,1-3,6H2,(H2,12,13)(H,14,16). The van der Waals surface area contributed by atoms with Gasteiger partial charge in [-0.1, -0.05) is 0 Å². The number of nitrogens with two attached hydrogens (primary N) is 1. The third kappa shape index (κ3) is 3.66. The summed E-state index contributed by atoms with van der Waals surface area (Å²) in [6, 6.07) is 0.504. The van der Waals surface area contributed by atoms with Crippen LogP contribution >= 0.6 is 0 Å². The zero-order valence-electron chi connectivity index (χ0n) is 11.0. The molecule has 1 aliphatic rings. The number of pyridine rings is 1. The van der Waals surface area contributed by atoms with Crippen LogP contribution in [0.25, 0.3) is 0 Å². The summed E-state index contributed by atoms with van der Waals surface area (Å²) < 4.78 is 23.0. The fourth-order valence-corrected chi connectivity index (χ4v) is 3.78. The molecule has 1 aromatic rings. The lowest BCUT2D eigenvalue weighted by Gasteiger charge is -2.23. The van der Waals surface area contributed by atoms with Crippen LogP contribution in [0.3, 0.4) is 0 Å². The molecule has 0 spiro atoms. The summed E-state index contributed by atoms with van der Waals surface area (Å²) in [5.41, 5.74) is 5.05. The number of nitrogens with one attached hydrogen (secondary N) is 1. The Kier molecular flexibility index (Phi) is 4.07. The highest BCUT2D eigenvalue weighted by molar-refractivity contribution is 7.91. The van der Waals surface area contributed by atoms with Gasteiger partial charge >= 0.3 is 0 Å². The number of carbonyl (C=O) groups excluding carboxylic acids is 1. The second-order valence-corrected chi connectivity index (χ2v) is 7.04. The molecule has 0 aliphatic carbocycles. The average Bonchev–Trinajstić information content (AvgIpc) is 2.37. The zero-order chi connectivity index (χ0) is 15.6. The van der Waals surface area contributed by atoms with Crippen LogP contribution in [-0.4, -0.2) is 41.8 Å². The predicted molar refractivity (Wildman–Crippen MR) is 74.4 cm³/mol. The van der Waals surface area contributed by atoms with E-state index in [1.54, 1.807) is 0 Å². The minimum atomic E-state index is -3.16. The number of nitrogen functional groups attached to an aromatic ring is 1. The molecule has 0 radical (unpaired) electrons. The monoisotopic (exact) mass is 314 g/mol. The van der Waals surface area contributed by atoms with Crippen molar-refractivity contribution in [2.75, 3.05) is 17.2 Å². The van der Waals surface area contributed by atoms with Gasteiger partial charge in [-0.05, 0) is 12.8 Å². The molecule has 1 amide bonds. The van der Waals surface area contributed by atoms with Gasteiger partial charge in [0.2, 0.25) is 0 Å². The molecule has 0 bridgehead atoms. The van der Waals surface area contributed by atoms with E-state index in [9.17, 15) is 23.3 Å². The van der Waals surface area contributed by atoms with Gasteiger partial charge in [0.1, 0.15) is 12.0 Å². The molecule has 1 saturated heterocycles. The average molecular weight is 314 g/mol. The summed E-state index contributed by atoms with van der Waals surface area (Å²) in [7, 11) is -3.16. The number of rotatable bonds is 3. The second-order valence-electron chi connectivity index (χ2n) is 4.81. The minimum absolute atomic E-state index is 0.111. The van der Waals surface area contributed by atoms with Gasteiger partial charge in [-0.3, -0.25) is 14.9 Å². The molecular weight excluding hydrogens is 300 g/mol. The summed E-state index contributed by atoms with van der Waals surface area (Å²) in [5, 5.41) is 13.2. The van der Waals surface area contributed by atoms with Crippen LogP contribution in [0.15, 0.2) is 12.3 Å². The van der Waals surface area contributed by atoms with Crippen LogP contribution in [0, 0.1) is 10.1 Å². The summed E-state index contributed by atoms with van der Waals surface area (Å²) in [6.45, 7) is 0. The molecule has 2 rings (SSSR count). The highest BCUT2D eigenvalue weighted by Gasteiger charge is 2.27. The maximum absolute atomic E-state index is 12.1. The van der Waals surface area contributed by atoms with Gasteiger partial charge < -0.3 is 11.1 Å². The molecular formula is C11H14N4O5S. The van der Waals surface area contributed by atoms with Gasteiger partial charge in [-0.25, -0.2) is 13.4 Å². The van der Waals surface area contributed by atoms with Gasteiger partial charge in [0, 0.05) is 12.1 Å². The third-order valence-electron chi connectivity index (χ3n) is 3.16. The molecule has 3 N–H and O–H groups in total. The van der Waals surface area contributed by atoms with Crippen molar-refractivity contribution in [3.63, 3.8) is 0 Å². The molecule has 1 fully saturated rings. The number of sulfone groups is 1. The van der Waals surface area contributed by atoms with Gasteiger partial charge in [-0.15, -0.1) is 0 Å². The minimum Gasteiger partial charge on any atom is -0.383 e. The fraction of sp³-hybridized carbons (Fsp3) is 0.455. The van der Waals surface area contributed by atoms with E-state index >= 15 is 0 Å². The summed E-state index contributed by atoms with van der Waals surface area (Å²) in [6.07, 6.45) is 1.96. The molecule has 21 heavy (non-hydrogen) atoms. The largest absolute Gasteiger partial charge is 0.383 e. The van der Waals surface area contributed by atoms with Crippen LogP contribution in [0.5, 0.6) is 0 Å². The smallest absolute Gasteiger partial charge is 0.288 e. The Morgan fingerprint density at radius 2 is 2.24 bits per heavy atom. The number of aromatic nitrogens is 1. The van der Waals surface area contributed by atoms with Crippen molar-refractivity contribution in [2.45, 2.75) is 18.9 Å². The molecule has 1 unspecified atom stereocenters. The van der Waals surface area contributed by atoms with E-state index in [-0.39, 0.29) is 28.6 Å². The quantitative estimate of drug-likeness (QED) is 0.584. The summed E-state index contributed by atoms with van der Waals surface area (Å²) >= 11 is 0. The van der Waals surface area contributed by atoms with Gasteiger partial charge in [-0.2, -0.15) is 0 Å². The van der Waals surface area contributed by atoms with E-state index in [1.165, 1.54) is 0 Å². The number of amides is 1. The van der Waals surface area contributed by atoms with E-state index in [0.717, 1.165) is 12.3 Å². The fourth-order valence-electron chi connectivity index (χ4n) is 2.15. The summed E-state index contributed by atoms with van der Waals surface area (Å²) in [5.74, 6) is -0.830. The molecule has 114 valence electrons. The molecule has 10 heteroatoms. The van der Waals surface area contributed by atoms with Crippen molar-refractivity contribution >= 4 is 27.2 Å². The van der Waals surface area contributed by atoms with Gasteiger partial charge in [0.25, 0.3) is 11.6 Å². The first-order chi connectivity index (χ1) is 9.78. The number of nitrogens with zero attached hydrogens (tertiary/aromatic N) is 2. The maximum Gasteiger partial charge on any atom is 0.288 e. The van der Waals surface area contributed by atoms with E-state index in [4.69, 9.17) is 5.73 Å². The SMILES string of the molecule is Nc1ncc([N+](=O)[O-])cc1C(=O)NC1CCCS(=O)(=O)C1. The van der Waals surface area contributed by atoms with E-state index in [0.29, 0.717) is 12.8 Å². The van der Waals surface area contributed by atoms with Crippen molar-refractivity contribution in [1.82, 2.24) is 10.3 Å². The highest BCUT2D eigenvalue weighted by atomic mass is 32.2. The van der Waals surface area contributed by atoms with E-state index < -0.39 is 26.7 Å². The van der Waals surface area contributed by atoms with Crippen molar-refractivity contribution in [1.29, 1.82) is 0 Å². The Balaban J connectivity index is 2.17. The Morgan fingerprint density at radius 3 is 2.86 bits per heavy atom. The van der Waals surface area contributed by atoms with Gasteiger partial charge in [0.05, 0.1) is 22.0 Å². The van der Waals surface area contributed by atoms with Crippen LogP contribution < -0.4 is 11.1 Å². The number of anilines is 1. The van der Waals surface area contributed by atoms with Crippen LogP contribution in [0.4, 0.5) is 11.5 Å². The normalized spacial score (nSPS) is 20.7. The molecule has 0 aromatic carbocycles. The number of nitro groups is 1. The molecule has 1 aliphatic heterocycles. The second kappa shape index (κ2) is 5.64. The zero-order valence-corrected chi connectivity index (χ0v) is 11.8.